The lowest BCUT2D eigenvalue weighted by Gasteiger charge is -2.18. The molecule has 0 fully saturated rings. The van der Waals surface area contributed by atoms with Gasteiger partial charge in [0.15, 0.2) is 0 Å². The van der Waals surface area contributed by atoms with E-state index in [0.29, 0.717) is 5.56 Å². The number of carboxylic acids is 1. The number of benzene rings is 1. The Morgan fingerprint density at radius 1 is 1.10 bits per heavy atom. The minimum absolute atomic E-state index is 0.175. The molecular weight excluding hydrogens is 268 g/mol. The molecule has 0 saturated carbocycles. The Balaban J connectivity index is 2.11. The molecule has 0 aliphatic carbocycles. The highest BCUT2D eigenvalue weighted by molar-refractivity contribution is 5.96. The zero-order valence-corrected chi connectivity index (χ0v) is 12.0. The number of hydrogen-bond acceptors (Lipinski definition) is 2. The van der Waals surface area contributed by atoms with Gasteiger partial charge in [-0.2, -0.15) is 0 Å². The van der Waals surface area contributed by atoms with Gasteiger partial charge in [0, 0.05) is 23.6 Å². The monoisotopic (exact) mass is 286 g/mol. The zero-order valence-electron chi connectivity index (χ0n) is 12.0. The number of carbonyl (C=O) groups is 2. The Labute approximate surface area is 123 Å². The van der Waals surface area contributed by atoms with Gasteiger partial charge in [-0.15, -0.1) is 0 Å². The highest BCUT2D eigenvalue weighted by Crippen LogP contribution is 2.11. The molecule has 0 saturated heterocycles. The van der Waals surface area contributed by atoms with Crippen molar-refractivity contribution in [3.63, 3.8) is 0 Å². The SMILES string of the molecule is CC(C)[C@H](NC(=O)c1ccc(-n2cccc2)cc1)C(=O)O. The largest absolute Gasteiger partial charge is 0.480 e. The van der Waals surface area contributed by atoms with Crippen LogP contribution in [0.15, 0.2) is 48.8 Å². The maximum absolute atomic E-state index is 12.1. The fraction of sp³-hybridized carbons (Fsp3) is 0.250. The van der Waals surface area contributed by atoms with Crippen LogP contribution < -0.4 is 5.32 Å². The molecule has 0 unspecified atom stereocenters. The van der Waals surface area contributed by atoms with Crippen LogP contribution in [0.1, 0.15) is 24.2 Å². The van der Waals surface area contributed by atoms with Gasteiger partial charge in [-0.05, 0) is 42.3 Å². The molecule has 0 aliphatic heterocycles. The van der Waals surface area contributed by atoms with E-state index in [0.717, 1.165) is 5.69 Å². The first-order valence-electron chi connectivity index (χ1n) is 6.76. The van der Waals surface area contributed by atoms with Gasteiger partial charge in [-0.25, -0.2) is 4.79 Å². The highest BCUT2D eigenvalue weighted by Gasteiger charge is 2.23. The van der Waals surface area contributed by atoms with Crippen molar-refractivity contribution in [3.8, 4) is 5.69 Å². The van der Waals surface area contributed by atoms with Crippen molar-refractivity contribution in [1.29, 1.82) is 0 Å². The van der Waals surface area contributed by atoms with Gasteiger partial charge in [-0.3, -0.25) is 4.79 Å². The average molecular weight is 286 g/mol. The Hall–Kier alpha value is -2.56. The Morgan fingerprint density at radius 3 is 2.14 bits per heavy atom. The standard InChI is InChI=1S/C16H18N2O3/c1-11(2)14(16(20)21)17-15(19)12-5-7-13(8-6-12)18-9-3-4-10-18/h3-11,14H,1-2H3,(H,17,19)(H,20,21)/t14-/m0/s1. The van der Waals surface area contributed by atoms with Crippen molar-refractivity contribution in [3.05, 3.63) is 54.4 Å². The second-order valence-corrected chi connectivity index (χ2v) is 5.17. The van der Waals surface area contributed by atoms with Gasteiger partial charge in [-0.1, -0.05) is 13.8 Å². The second-order valence-electron chi connectivity index (χ2n) is 5.17. The summed E-state index contributed by atoms with van der Waals surface area (Å²) in [5.41, 5.74) is 1.38. The number of nitrogens with one attached hydrogen (secondary N) is 1. The van der Waals surface area contributed by atoms with E-state index in [-0.39, 0.29) is 11.8 Å². The van der Waals surface area contributed by atoms with Gasteiger partial charge in [0.2, 0.25) is 0 Å². The van der Waals surface area contributed by atoms with E-state index in [2.05, 4.69) is 5.32 Å². The third-order valence-electron chi connectivity index (χ3n) is 3.25. The molecule has 0 spiro atoms. The van der Waals surface area contributed by atoms with Crippen LogP contribution in [-0.2, 0) is 4.79 Å². The molecule has 110 valence electrons. The zero-order chi connectivity index (χ0) is 15.4. The van der Waals surface area contributed by atoms with Crippen LogP contribution in [0, 0.1) is 5.92 Å². The molecule has 1 aromatic carbocycles. The predicted molar refractivity (Wildman–Crippen MR) is 79.5 cm³/mol. The van der Waals surface area contributed by atoms with Crippen molar-refractivity contribution in [2.45, 2.75) is 19.9 Å². The second kappa shape index (κ2) is 6.26. The van der Waals surface area contributed by atoms with E-state index in [1.807, 2.05) is 41.2 Å². The highest BCUT2D eigenvalue weighted by atomic mass is 16.4. The van der Waals surface area contributed by atoms with E-state index in [9.17, 15) is 9.59 Å². The van der Waals surface area contributed by atoms with Crippen LogP contribution in [0.5, 0.6) is 0 Å². The molecule has 2 aromatic rings. The summed E-state index contributed by atoms with van der Waals surface area (Å²) in [5.74, 6) is -1.58. The van der Waals surface area contributed by atoms with Crippen LogP contribution in [0.4, 0.5) is 0 Å². The summed E-state index contributed by atoms with van der Waals surface area (Å²) >= 11 is 0. The topological polar surface area (TPSA) is 71.3 Å². The van der Waals surface area contributed by atoms with Crippen molar-refractivity contribution in [2.24, 2.45) is 5.92 Å². The van der Waals surface area contributed by atoms with E-state index in [1.165, 1.54) is 0 Å². The molecule has 2 N–H and O–H groups in total. The minimum atomic E-state index is -1.03. The quantitative estimate of drug-likeness (QED) is 0.886. The summed E-state index contributed by atoms with van der Waals surface area (Å²) in [6.45, 7) is 3.52. The first kappa shape index (κ1) is 14.8. The Morgan fingerprint density at radius 2 is 1.67 bits per heavy atom. The molecule has 1 heterocycles. The van der Waals surface area contributed by atoms with Crippen molar-refractivity contribution < 1.29 is 14.7 Å². The van der Waals surface area contributed by atoms with Crippen LogP contribution >= 0.6 is 0 Å². The molecule has 5 nitrogen and oxygen atoms in total. The molecule has 1 atom stereocenters. The summed E-state index contributed by atoms with van der Waals surface area (Å²) in [6.07, 6.45) is 3.82. The van der Waals surface area contributed by atoms with Gasteiger partial charge in [0.1, 0.15) is 6.04 Å². The average Bonchev–Trinajstić information content (AvgIpc) is 2.98. The van der Waals surface area contributed by atoms with Crippen LogP contribution in [0.3, 0.4) is 0 Å². The summed E-state index contributed by atoms with van der Waals surface area (Å²) < 4.78 is 1.93. The summed E-state index contributed by atoms with van der Waals surface area (Å²) in [6, 6.07) is 9.96. The smallest absolute Gasteiger partial charge is 0.326 e. The van der Waals surface area contributed by atoms with Crippen LogP contribution in [0.25, 0.3) is 5.69 Å². The van der Waals surface area contributed by atoms with Crippen LogP contribution in [0.2, 0.25) is 0 Å². The molecule has 21 heavy (non-hydrogen) atoms. The summed E-state index contributed by atoms with van der Waals surface area (Å²) in [7, 11) is 0. The number of aromatic nitrogens is 1. The maximum Gasteiger partial charge on any atom is 0.326 e. The number of nitrogens with zero attached hydrogens (tertiary/aromatic N) is 1. The first-order valence-corrected chi connectivity index (χ1v) is 6.76. The first-order chi connectivity index (χ1) is 9.99. The van der Waals surface area contributed by atoms with E-state index in [1.54, 1.807) is 26.0 Å². The van der Waals surface area contributed by atoms with E-state index < -0.39 is 12.0 Å². The molecule has 0 bridgehead atoms. The number of rotatable bonds is 5. The molecule has 2 rings (SSSR count). The molecule has 1 aromatic heterocycles. The lowest BCUT2D eigenvalue weighted by Crippen LogP contribution is -2.44. The van der Waals surface area contributed by atoms with Gasteiger partial charge >= 0.3 is 5.97 Å². The lowest BCUT2D eigenvalue weighted by molar-refractivity contribution is -0.140. The summed E-state index contributed by atoms with van der Waals surface area (Å²) in [5, 5.41) is 11.6. The minimum Gasteiger partial charge on any atom is -0.480 e. The molecule has 5 heteroatoms. The molecule has 0 aliphatic rings. The Kier molecular flexibility index (Phi) is 4.42. The normalized spacial score (nSPS) is 12.1. The fourth-order valence-electron chi connectivity index (χ4n) is 2.03. The summed E-state index contributed by atoms with van der Waals surface area (Å²) in [4.78, 5) is 23.2. The van der Waals surface area contributed by atoms with Crippen molar-refractivity contribution >= 4 is 11.9 Å². The van der Waals surface area contributed by atoms with E-state index >= 15 is 0 Å². The molecule has 1 amide bonds. The Bertz CT molecular complexity index is 615. The van der Waals surface area contributed by atoms with Crippen molar-refractivity contribution in [2.75, 3.05) is 0 Å². The van der Waals surface area contributed by atoms with Crippen molar-refractivity contribution in [1.82, 2.24) is 9.88 Å². The number of carboxylic acid groups (broad SMARTS) is 1. The number of carbonyl (C=O) groups excluding carboxylic acids is 1. The predicted octanol–water partition coefficient (Wildman–Crippen LogP) is 2.32. The number of hydrogen-bond donors (Lipinski definition) is 2. The molecule has 0 radical (unpaired) electrons. The van der Waals surface area contributed by atoms with Gasteiger partial charge in [0.05, 0.1) is 0 Å². The van der Waals surface area contributed by atoms with Gasteiger partial charge in [0.25, 0.3) is 5.91 Å². The maximum atomic E-state index is 12.1. The van der Waals surface area contributed by atoms with E-state index in [4.69, 9.17) is 5.11 Å². The lowest BCUT2D eigenvalue weighted by atomic mass is 10.0. The number of aliphatic carboxylic acids is 1. The van der Waals surface area contributed by atoms with Gasteiger partial charge < -0.3 is 15.0 Å². The third-order valence-corrected chi connectivity index (χ3v) is 3.25. The molecular formula is C16H18N2O3. The fourth-order valence-corrected chi connectivity index (χ4v) is 2.03. The number of amides is 1. The van der Waals surface area contributed by atoms with Crippen LogP contribution in [-0.4, -0.2) is 27.6 Å². The third kappa shape index (κ3) is 3.51.